The minimum absolute atomic E-state index is 0.302. The summed E-state index contributed by atoms with van der Waals surface area (Å²) in [7, 11) is 2.03. The highest BCUT2D eigenvalue weighted by Crippen LogP contribution is 2.18. The van der Waals surface area contributed by atoms with Gasteiger partial charge in [0.15, 0.2) is 0 Å². The molecule has 3 nitrogen and oxygen atoms in total. The first kappa shape index (κ1) is 12.5. The van der Waals surface area contributed by atoms with Crippen molar-refractivity contribution in [2.24, 2.45) is 5.73 Å². The number of hydrogen-bond acceptors (Lipinski definition) is 3. The molecule has 0 saturated carbocycles. The highest BCUT2D eigenvalue weighted by Gasteiger charge is 2.03. The van der Waals surface area contributed by atoms with Crippen LogP contribution in [0.15, 0.2) is 48.5 Å². The maximum Gasteiger partial charge on any atom is 0.115 e. The molecule has 0 aromatic heterocycles. The number of rotatable bonds is 4. The summed E-state index contributed by atoms with van der Waals surface area (Å²) in [6, 6.07) is 15.5. The van der Waals surface area contributed by atoms with Crippen LogP contribution in [-0.4, -0.2) is 12.2 Å². The molecule has 3 heteroatoms. The van der Waals surface area contributed by atoms with Crippen molar-refractivity contribution in [3.8, 4) is 5.75 Å². The van der Waals surface area contributed by atoms with Crippen molar-refractivity contribution in [2.45, 2.75) is 13.1 Å². The van der Waals surface area contributed by atoms with Crippen molar-refractivity contribution >= 4 is 5.69 Å². The second kappa shape index (κ2) is 5.56. The fourth-order valence-electron chi connectivity index (χ4n) is 1.94. The van der Waals surface area contributed by atoms with Crippen LogP contribution in [0.2, 0.25) is 0 Å². The van der Waals surface area contributed by atoms with Crippen LogP contribution in [0.25, 0.3) is 0 Å². The summed E-state index contributed by atoms with van der Waals surface area (Å²) in [4.78, 5) is 2.13. The summed E-state index contributed by atoms with van der Waals surface area (Å²) in [6.45, 7) is 1.30. The Morgan fingerprint density at radius 2 is 1.78 bits per heavy atom. The number of nitrogens with two attached hydrogens (primary N) is 1. The molecule has 0 aliphatic heterocycles. The van der Waals surface area contributed by atoms with Gasteiger partial charge in [-0.25, -0.2) is 0 Å². The second-order valence-corrected chi connectivity index (χ2v) is 4.40. The summed E-state index contributed by atoms with van der Waals surface area (Å²) in [5.74, 6) is 0.302. The standard InChI is InChI=1S/C15H18N2O/c1-17(11-13-5-3-7-15(18)9-13)14-6-2-4-12(8-14)10-16/h2-9,18H,10-11,16H2,1H3. The van der Waals surface area contributed by atoms with E-state index in [2.05, 4.69) is 17.0 Å². The maximum atomic E-state index is 9.44. The third-order valence-electron chi connectivity index (χ3n) is 2.92. The molecule has 18 heavy (non-hydrogen) atoms. The van der Waals surface area contributed by atoms with E-state index in [1.54, 1.807) is 12.1 Å². The van der Waals surface area contributed by atoms with Gasteiger partial charge < -0.3 is 15.7 Å². The smallest absolute Gasteiger partial charge is 0.115 e. The molecule has 0 spiro atoms. The molecule has 0 heterocycles. The van der Waals surface area contributed by atoms with Crippen molar-refractivity contribution in [1.29, 1.82) is 0 Å². The van der Waals surface area contributed by atoms with Crippen LogP contribution in [0.3, 0.4) is 0 Å². The average molecular weight is 242 g/mol. The predicted molar refractivity (Wildman–Crippen MR) is 74.5 cm³/mol. The van der Waals surface area contributed by atoms with Gasteiger partial charge in [0.05, 0.1) is 0 Å². The molecule has 2 aromatic rings. The Morgan fingerprint density at radius 1 is 1.06 bits per heavy atom. The van der Waals surface area contributed by atoms with Crippen LogP contribution < -0.4 is 10.6 Å². The maximum absolute atomic E-state index is 9.44. The quantitative estimate of drug-likeness (QED) is 0.866. The van der Waals surface area contributed by atoms with Crippen molar-refractivity contribution in [3.05, 3.63) is 59.7 Å². The average Bonchev–Trinajstić information content (AvgIpc) is 2.39. The van der Waals surface area contributed by atoms with E-state index < -0.39 is 0 Å². The van der Waals surface area contributed by atoms with Crippen LogP contribution in [0.1, 0.15) is 11.1 Å². The molecule has 0 unspecified atom stereocenters. The molecule has 0 amide bonds. The van der Waals surface area contributed by atoms with Gasteiger partial charge in [-0.2, -0.15) is 0 Å². The Bertz CT molecular complexity index is 525. The molecule has 94 valence electrons. The Labute approximate surface area is 107 Å². The lowest BCUT2D eigenvalue weighted by molar-refractivity contribution is 0.474. The van der Waals surface area contributed by atoms with E-state index in [0.717, 1.165) is 23.4 Å². The first-order chi connectivity index (χ1) is 8.69. The van der Waals surface area contributed by atoms with Crippen LogP contribution in [0, 0.1) is 0 Å². The Balaban J connectivity index is 2.13. The fraction of sp³-hybridized carbons (Fsp3) is 0.200. The molecule has 0 fully saturated rings. The number of aromatic hydroxyl groups is 1. The van der Waals surface area contributed by atoms with Gasteiger partial charge in [-0.3, -0.25) is 0 Å². The second-order valence-electron chi connectivity index (χ2n) is 4.40. The van der Waals surface area contributed by atoms with Crippen LogP contribution in [0.4, 0.5) is 5.69 Å². The minimum Gasteiger partial charge on any atom is -0.508 e. The van der Waals surface area contributed by atoms with Crippen LogP contribution in [0.5, 0.6) is 5.75 Å². The summed E-state index contributed by atoms with van der Waals surface area (Å²) < 4.78 is 0. The molecule has 0 aliphatic rings. The lowest BCUT2D eigenvalue weighted by Crippen LogP contribution is -2.16. The van der Waals surface area contributed by atoms with Crippen molar-refractivity contribution in [1.82, 2.24) is 0 Å². The number of phenolic OH excluding ortho intramolecular Hbond substituents is 1. The van der Waals surface area contributed by atoms with E-state index in [0.29, 0.717) is 12.3 Å². The van der Waals surface area contributed by atoms with Gasteiger partial charge in [-0.1, -0.05) is 24.3 Å². The summed E-state index contributed by atoms with van der Waals surface area (Å²) >= 11 is 0. The molecule has 3 N–H and O–H groups in total. The molecule has 2 rings (SSSR count). The van der Waals surface area contributed by atoms with E-state index >= 15 is 0 Å². The molecular formula is C15H18N2O. The number of anilines is 1. The molecule has 2 aromatic carbocycles. The first-order valence-corrected chi connectivity index (χ1v) is 5.97. The van der Waals surface area contributed by atoms with E-state index in [9.17, 15) is 5.11 Å². The van der Waals surface area contributed by atoms with Gasteiger partial charge in [-0.05, 0) is 35.4 Å². The van der Waals surface area contributed by atoms with Gasteiger partial charge in [0.25, 0.3) is 0 Å². The van der Waals surface area contributed by atoms with E-state index in [-0.39, 0.29) is 0 Å². The molecule has 0 saturated heterocycles. The zero-order valence-corrected chi connectivity index (χ0v) is 10.5. The van der Waals surface area contributed by atoms with Gasteiger partial charge in [-0.15, -0.1) is 0 Å². The van der Waals surface area contributed by atoms with E-state index in [4.69, 9.17) is 5.73 Å². The Hall–Kier alpha value is -2.00. The van der Waals surface area contributed by atoms with E-state index in [1.807, 2.05) is 31.3 Å². The third kappa shape index (κ3) is 3.02. The molecular weight excluding hydrogens is 224 g/mol. The van der Waals surface area contributed by atoms with Gasteiger partial charge in [0.1, 0.15) is 5.75 Å². The summed E-state index contributed by atoms with van der Waals surface area (Å²) in [5.41, 5.74) is 8.97. The van der Waals surface area contributed by atoms with Gasteiger partial charge >= 0.3 is 0 Å². The van der Waals surface area contributed by atoms with E-state index in [1.165, 1.54) is 0 Å². The van der Waals surface area contributed by atoms with Crippen molar-refractivity contribution in [3.63, 3.8) is 0 Å². The highest BCUT2D eigenvalue weighted by atomic mass is 16.3. The number of hydrogen-bond donors (Lipinski definition) is 2. The Morgan fingerprint density at radius 3 is 2.50 bits per heavy atom. The summed E-state index contributed by atoms with van der Waals surface area (Å²) in [6.07, 6.45) is 0. The van der Waals surface area contributed by atoms with Crippen molar-refractivity contribution < 1.29 is 5.11 Å². The summed E-state index contributed by atoms with van der Waals surface area (Å²) in [5, 5.41) is 9.44. The zero-order chi connectivity index (χ0) is 13.0. The molecule has 0 atom stereocenters. The minimum atomic E-state index is 0.302. The molecule has 0 radical (unpaired) electrons. The lowest BCUT2D eigenvalue weighted by Gasteiger charge is -2.20. The number of benzene rings is 2. The zero-order valence-electron chi connectivity index (χ0n) is 10.5. The Kier molecular flexibility index (Phi) is 3.85. The monoisotopic (exact) mass is 242 g/mol. The topological polar surface area (TPSA) is 49.5 Å². The molecule has 0 bridgehead atoms. The largest absolute Gasteiger partial charge is 0.508 e. The normalized spacial score (nSPS) is 10.3. The van der Waals surface area contributed by atoms with Gasteiger partial charge in [0.2, 0.25) is 0 Å². The lowest BCUT2D eigenvalue weighted by atomic mass is 10.1. The number of nitrogens with zero attached hydrogens (tertiary/aromatic N) is 1. The molecule has 0 aliphatic carbocycles. The van der Waals surface area contributed by atoms with Crippen LogP contribution >= 0.6 is 0 Å². The SMILES string of the molecule is CN(Cc1cccc(O)c1)c1cccc(CN)c1. The fourth-order valence-corrected chi connectivity index (χ4v) is 1.94. The highest BCUT2D eigenvalue weighted by molar-refractivity contribution is 5.48. The third-order valence-corrected chi connectivity index (χ3v) is 2.92. The number of phenols is 1. The predicted octanol–water partition coefficient (Wildman–Crippen LogP) is 2.49. The first-order valence-electron chi connectivity index (χ1n) is 5.97. The van der Waals surface area contributed by atoms with Gasteiger partial charge in [0, 0.05) is 25.8 Å². The van der Waals surface area contributed by atoms with Crippen LogP contribution in [-0.2, 0) is 13.1 Å². The van der Waals surface area contributed by atoms with Crippen molar-refractivity contribution in [2.75, 3.05) is 11.9 Å².